The zero-order valence-electron chi connectivity index (χ0n) is 13.8. The number of nitrogens with zero attached hydrogens (tertiary/aromatic N) is 1. The Labute approximate surface area is 138 Å². The van der Waals surface area contributed by atoms with E-state index in [9.17, 15) is 9.90 Å². The van der Waals surface area contributed by atoms with Crippen LogP contribution >= 0.6 is 0 Å². The van der Waals surface area contributed by atoms with E-state index >= 15 is 0 Å². The van der Waals surface area contributed by atoms with Crippen molar-refractivity contribution in [3.63, 3.8) is 0 Å². The third-order valence-electron chi connectivity index (χ3n) is 6.58. The van der Waals surface area contributed by atoms with E-state index in [1.54, 1.807) is 0 Å². The van der Waals surface area contributed by atoms with E-state index in [1.807, 2.05) is 0 Å². The molecule has 1 aromatic carbocycles. The van der Waals surface area contributed by atoms with Crippen molar-refractivity contribution in [2.24, 2.45) is 11.3 Å². The van der Waals surface area contributed by atoms with Crippen LogP contribution in [-0.2, 0) is 11.3 Å². The van der Waals surface area contributed by atoms with Crippen molar-refractivity contribution in [1.29, 1.82) is 0 Å². The number of fused-ring (bicyclic) bond motifs is 1. The fraction of sp³-hybridized carbons (Fsp3) is 0.650. The highest BCUT2D eigenvalue weighted by Crippen LogP contribution is 2.49. The standard InChI is InChI=1S/C20H27NO2/c22-19(23)20-11-3-6-18(20)13-21(14-20)12-15-7-9-17(10-8-15)16-4-1-2-5-16/h7-10,16,18H,1-6,11-14H2,(H,22,23)/t18-,20+/m0/s1. The van der Waals surface area contributed by atoms with Gasteiger partial charge in [-0.25, -0.2) is 0 Å². The Hall–Kier alpha value is -1.35. The maximum absolute atomic E-state index is 11.8. The van der Waals surface area contributed by atoms with E-state index < -0.39 is 11.4 Å². The number of hydrogen-bond acceptors (Lipinski definition) is 2. The van der Waals surface area contributed by atoms with E-state index in [4.69, 9.17) is 0 Å². The van der Waals surface area contributed by atoms with Crippen molar-refractivity contribution in [3.8, 4) is 0 Å². The Bertz CT molecular complexity index is 576. The van der Waals surface area contributed by atoms with Gasteiger partial charge in [-0.05, 0) is 48.6 Å². The summed E-state index contributed by atoms with van der Waals surface area (Å²) in [6, 6.07) is 9.12. The molecule has 23 heavy (non-hydrogen) atoms. The summed E-state index contributed by atoms with van der Waals surface area (Å²) in [6.07, 6.45) is 8.47. The number of benzene rings is 1. The normalized spacial score (nSPS) is 31.6. The van der Waals surface area contributed by atoms with Crippen LogP contribution in [0.4, 0.5) is 0 Å². The van der Waals surface area contributed by atoms with Crippen LogP contribution in [0.2, 0.25) is 0 Å². The number of aliphatic carboxylic acids is 1. The predicted octanol–water partition coefficient (Wildman–Crippen LogP) is 4.03. The molecular weight excluding hydrogens is 286 g/mol. The molecule has 0 unspecified atom stereocenters. The van der Waals surface area contributed by atoms with Gasteiger partial charge in [-0.15, -0.1) is 0 Å². The van der Waals surface area contributed by atoms with Crippen LogP contribution in [0.1, 0.15) is 62.0 Å². The second kappa shape index (κ2) is 5.94. The Morgan fingerprint density at radius 3 is 2.52 bits per heavy atom. The highest BCUT2D eigenvalue weighted by Gasteiger charge is 2.54. The van der Waals surface area contributed by atoms with Crippen molar-refractivity contribution < 1.29 is 9.90 Å². The molecule has 0 bridgehead atoms. The van der Waals surface area contributed by atoms with Crippen LogP contribution in [-0.4, -0.2) is 29.1 Å². The van der Waals surface area contributed by atoms with Crippen molar-refractivity contribution in [2.75, 3.05) is 13.1 Å². The molecule has 4 rings (SSSR count). The topological polar surface area (TPSA) is 40.5 Å². The lowest BCUT2D eigenvalue weighted by atomic mass is 9.81. The highest BCUT2D eigenvalue weighted by molar-refractivity contribution is 5.76. The molecule has 1 heterocycles. The summed E-state index contributed by atoms with van der Waals surface area (Å²) in [7, 11) is 0. The Balaban J connectivity index is 1.42. The zero-order chi connectivity index (χ0) is 15.9. The van der Waals surface area contributed by atoms with Gasteiger partial charge in [0.1, 0.15) is 0 Å². The van der Waals surface area contributed by atoms with Crippen molar-refractivity contribution in [1.82, 2.24) is 4.90 Å². The van der Waals surface area contributed by atoms with Gasteiger partial charge in [0.05, 0.1) is 5.41 Å². The Morgan fingerprint density at radius 1 is 1.13 bits per heavy atom. The molecule has 1 saturated heterocycles. The Morgan fingerprint density at radius 2 is 1.87 bits per heavy atom. The summed E-state index contributed by atoms with van der Waals surface area (Å²) in [5.41, 5.74) is 2.36. The molecule has 3 nitrogen and oxygen atoms in total. The molecule has 1 N–H and O–H groups in total. The maximum atomic E-state index is 11.8. The first-order valence-electron chi connectivity index (χ1n) is 9.22. The van der Waals surface area contributed by atoms with Gasteiger partial charge in [0.25, 0.3) is 0 Å². The molecular formula is C20H27NO2. The first-order valence-corrected chi connectivity index (χ1v) is 9.22. The summed E-state index contributed by atoms with van der Waals surface area (Å²) in [4.78, 5) is 14.1. The molecule has 2 atom stereocenters. The fourth-order valence-electron chi connectivity index (χ4n) is 5.28. The molecule has 0 aromatic heterocycles. The van der Waals surface area contributed by atoms with Gasteiger partial charge in [0, 0.05) is 19.6 Å². The third kappa shape index (κ3) is 2.69. The molecule has 2 aliphatic carbocycles. The molecule has 3 heteroatoms. The van der Waals surface area contributed by atoms with Gasteiger partial charge in [0.15, 0.2) is 0 Å². The van der Waals surface area contributed by atoms with Crippen molar-refractivity contribution in [3.05, 3.63) is 35.4 Å². The lowest BCUT2D eigenvalue weighted by molar-refractivity contribution is -0.149. The lowest BCUT2D eigenvalue weighted by Gasteiger charge is -2.23. The van der Waals surface area contributed by atoms with Crippen LogP contribution < -0.4 is 0 Å². The van der Waals surface area contributed by atoms with E-state index in [2.05, 4.69) is 29.2 Å². The fourth-order valence-corrected chi connectivity index (χ4v) is 5.28. The number of likely N-dealkylation sites (tertiary alicyclic amines) is 1. The van der Waals surface area contributed by atoms with Crippen LogP contribution in [0.25, 0.3) is 0 Å². The van der Waals surface area contributed by atoms with Gasteiger partial charge < -0.3 is 5.11 Å². The summed E-state index contributed by atoms with van der Waals surface area (Å²) >= 11 is 0. The van der Waals surface area contributed by atoms with Gasteiger partial charge in [0.2, 0.25) is 0 Å². The molecule has 0 spiro atoms. The molecule has 3 fully saturated rings. The summed E-state index contributed by atoms with van der Waals surface area (Å²) in [6.45, 7) is 2.59. The zero-order valence-corrected chi connectivity index (χ0v) is 13.8. The molecule has 1 aromatic rings. The number of hydrogen-bond donors (Lipinski definition) is 1. The maximum Gasteiger partial charge on any atom is 0.311 e. The molecule has 2 saturated carbocycles. The number of carbonyl (C=O) groups is 1. The van der Waals surface area contributed by atoms with Gasteiger partial charge in [-0.1, -0.05) is 43.5 Å². The summed E-state index contributed by atoms with van der Waals surface area (Å²) < 4.78 is 0. The smallest absolute Gasteiger partial charge is 0.311 e. The third-order valence-corrected chi connectivity index (χ3v) is 6.58. The average molecular weight is 313 g/mol. The average Bonchev–Trinajstić information content (AvgIpc) is 3.23. The van der Waals surface area contributed by atoms with E-state index in [0.29, 0.717) is 5.92 Å². The van der Waals surface area contributed by atoms with E-state index in [-0.39, 0.29) is 0 Å². The molecule has 124 valence electrons. The van der Waals surface area contributed by atoms with Gasteiger partial charge in [-0.3, -0.25) is 9.69 Å². The number of carboxylic acid groups (broad SMARTS) is 1. The van der Waals surface area contributed by atoms with E-state index in [1.165, 1.54) is 36.8 Å². The van der Waals surface area contributed by atoms with Crippen molar-refractivity contribution in [2.45, 2.75) is 57.4 Å². The van der Waals surface area contributed by atoms with Crippen LogP contribution in [0.3, 0.4) is 0 Å². The largest absolute Gasteiger partial charge is 0.481 e. The minimum absolute atomic E-state index is 0.359. The van der Waals surface area contributed by atoms with Crippen LogP contribution in [0.15, 0.2) is 24.3 Å². The van der Waals surface area contributed by atoms with Crippen LogP contribution in [0, 0.1) is 11.3 Å². The number of carboxylic acids is 1. The Kier molecular flexibility index (Phi) is 3.92. The molecule has 1 aliphatic heterocycles. The second-order valence-corrected chi connectivity index (χ2v) is 7.94. The first kappa shape index (κ1) is 15.2. The minimum Gasteiger partial charge on any atom is -0.481 e. The second-order valence-electron chi connectivity index (χ2n) is 7.94. The van der Waals surface area contributed by atoms with Crippen molar-refractivity contribution >= 4 is 5.97 Å². The monoisotopic (exact) mass is 313 g/mol. The highest BCUT2D eigenvalue weighted by atomic mass is 16.4. The minimum atomic E-state index is -0.570. The molecule has 0 radical (unpaired) electrons. The number of rotatable bonds is 4. The van der Waals surface area contributed by atoms with Gasteiger partial charge >= 0.3 is 5.97 Å². The molecule has 3 aliphatic rings. The summed E-state index contributed by atoms with van der Waals surface area (Å²) in [5, 5.41) is 9.69. The SMILES string of the molecule is O=C(O)[C@@]12CCC[C@H]1CN(Cc1ccc(C3CCCC3)cc1)C2. The quantitative estimate of drug-likeness (QED) is 0.912. The first-order chi connectivity index (χ1) is 11.2. The molecule has 0 amide bonds. The summed E-state index contributed by atoms with van der Waals surface area (Å²) in [5.74, 6) is 0.558. The van der Waals surface area contributed by atoms with Gasteiger partial charge in [-0.2, -0.15) is 0 Å². The van der Waals surface area contributed by atoms with Crippen LogP contribution in [0.5, 0.6) is 0 Å². The predicted molar refractivity (Wildman–Crippen MR) is 90.3 cm³/mol. The van der Waals surface area contributed by atoms with E-state index in [0.717, 1.165) is 44.8 Å². The lowest BCUT2D eigenvalue weighted by Crippen LogP contribution is -2.35.